The molecule has 1 aliphatic rings. The number of hydrogen-bond donors (Lipinski definition) is 13. The van der Waals surface area contributed by atoms with Crippen molar-refractivity contribution in [3.63, 3.8) is 0 Å². The van der Waals surface area contributed by atoms with E-state index in [0.717, 1.165) is 10.9 Å². The van der Waals surface area contributed by atoms with Gasteiger partial charge >= 0.3 is 0 Å². The standard InChI is InChI=1S/C49H67N15O9/c1-3-4-15-35(58-28(2)65)43(68)64-40-24-41(66)54-19-10-17-34(42(50)67)59-46(71)38(22-30-25-56-33-16-9-8-14-32(30)33)62-44(69)36(18-11-20-55-49(51)52)60-45(70)37(21-29-12-6-5-7-13-29)61-47(72)39(63-48(40)73)23-31-26-53-27-57-31/h5-9,12-14,16,25-27,34-40,56H,3-4,10-11,15,17-24H2,1-2H3,(H2,50,67)(H,53,57)(H,54,66)(H,58,65)(H,59,71)(H,60,70)(H,61,72)(H,62,69)(H,63,73)(H,64,68)(H4,51,52,55)/t34-,35-,36-,37+,38-,39-,40-/m0/s1. The number of guanidine groups is 1. The normalized spacial score (nSPS) is 21.3. The largest absolute Gasteiger partial charge is 0.370 e. The molecule has 0 spiro atoms. The third kappa shape index (κ3) is 17.8. The van der Waals surface area contributed by atoms with E-state index < -0.39 is 102 Å². The summed E-state index contributed by atoms with van der Waals surface area (Å²) in [6.45, 7) is 3.12. The van der Waals surface area contributed by atoms with E-state index in [9.17, 15) is 43.2 Å². The lowest BCUT2D eigenvalue weighted by Gasteiger charge is -2.28. The zero-order valence-electron chi connectivity index (χ0n) is 41.0. The summed E-state index contributed by atoms with van der Waals surface area (Å²) in [5.41, 5.74) is 19.3. The highest BCUT2D eigenvalue weighted by molar-refractivity contribution is 5.99. The van der Waals surface area contributed by atoms with Crippen molar-refractivity contribution in [1.82, 2.24) is 57.5 Å². The fourth-order valence-electron chi connectivity index (χ4n) is 8.23. The van der Waals surface area contributed by atoms with Gasteiger partial charge in [-0.1, -0.05) is 68.3 Å². The predicted octanol–water partition coefficient (Wildman–Crippen LogP) is -1.64. The molecular formula is C49H67N15O9. The van der Waals surface area contributed by atoms with Gasteiger partial charge in [0.1, 0.15) is 42.3 Å². The van der Waals surface area contributed by atoms with Gasteiger partial charge < -0.3 is 69.7 Å². The highest BCUT2D eigenvalue weighted by Gasteiger charge is 2.35. The van der Waals surface area contributed by atoms with Crippen LogP contribution in [0.1, 0.15) is 82.0 Å². The smallest absolute Gasteiger partial charge is 0.243 e. The first-order valence-corrected chi connectivity index (χ1v) is 24.3. The first-order chi connectivity index (χ1) is 35.0. The molecule has 1 saturated heterocycles. The van der Waals surface area contributed by atoms with Crippen LogP contribution in [0.3, 0.4) is 0 Å². The second kappa shape index (κ2) is 27.9. The summed E-state index contributed by atoms with van der Waals surface area (Å²) in [5, 5.41) is 22.2. The van der Waals surface area contributed by atoms with Gasteiger partial charge in [-0.15, -0.1) is 0 Å². The number of carbonyl (C=O) groups is 9. The summed E-state index contributed by atoms with van der Waals surface area (Å²) >= 11 is 0. The Kier molecular flexibility index (Phi) is 21.3. The minimum absolute atomic E-state index is 0.0513. The number of nitrogens with two attached hydrogens (primary N) is 3. The number of nitrogens with zero attached hydrogens (tertiary/aromatic N) is 2. The summed E-state index contributed by atoms with van der Waals surface area (Å²) in [7, 11) is 0. The van der Waals surface area contributed by atoms with Crippen LogP contribution in [0.2, 0.25) is 0 Å². The fraction of sp³-hybridized carbons (Fsp3) is 0.449. The van der Waals surface area contributed by atoms with Crippen molar-refractivity contribution in [2.75, 3.05) is 13.1 Å². The minimum Gasteiger partial charge on any atom is -0.370 e. The molecule has 0 saturated carbocycles. The van der Waals surface area contributed by atoms with Gasteiger partial charge in [-0.05, 0) is 49.3 Å². The number of nitrogens with one attached hydrogen (secondary N) is 10. The van der Waals surface area contributed by atoms with Crippen LogP contribution in [0, 0.1) is 0 Å². The van der Waals surface area contributed by atoms with Gasteiger partial charge in [0.25, 0.3) is 0 Å². The van der Waals surface area contributed by atoms with Crippen LogP contribution in [0.4, 0.5) is 0 Å². The van der Waals surface area contributed by atoms with E-state index in [-0.39, 0.29) is 70.4 Å². The number of hydrogen-bond acceptors (Lipinski definition) is 11. The van der Waals surface area contributed by atoms with E-state index in [1.54, 1.807) is 36.5 Å². The van der Waals surface area contributed by atoms with E-state index in [2.05, 4.69) is 62.5 Å². The number of carbonyl (C=O) groups excluding carboxylic acids is 9. The Morgan fingerprint density at radius 2 is 1.41 bits per heavy atom. The lowest BCUT2D eigenvalue weighted by Crippen LogP contribution is -2.61. The molecule has 1 aliphatic heterocycles. The number of benzene rings is 2. The molecule has 73 heavy (non-hydrogen) atoms. The Bertz CT molecular complexity index is 2560. The fourth-order valence-corrected chi connectivity index (χ4v) is 8.23. The molecular weight excluding hydrogens is 943 g/mol. The SMILES string of the molecule is CCCC[C@H](NC(C)=O)C(=O)N[C@H]1CC(=O)NCCC[C@@H](C(N)=O)NC(=O)[C@H](Cc2c[nH]c3ccccc23)NC(=O)[C@H](CCCN=C(N)N)NC(=O)[C@@H](Cc2ccccc2)NC(=O)[C@H](Cc2cnc[nH]2)NC1=O. The van der Waals surface area contributed by atoms with Gasteiger partial charge in [0.15, 0.2) is 5.96 Å². The van der Waals surface area contributed by atoms with E-state index in [0.29, 0.717) is 29.7 Å². The number of aromatic amines is 2. The molecule has 7 atom stereocenters. The average molecular weight is 1010 g/mol. The number of fused-ring (bicyclic) bond motifs is 1. The molecule has 3 heterocycles. The van der Waals surface area contributed by atoms with Crippen molar-refractivity contribution in [2.24, 2.45) is 22.2 Å². The maximum atomic E-state index is 14.7. The lowest BCUT2D eigenvalue weighted by atomic mass is 10.0. The highest BCUT2D eigenvalue weighted by atomic mass is 16.2. The van der Waals surface area contributed by atoms with Gasteiger partial charge in [-0.25, -0.2) is 4.98 Å². The first kappa shape index (κ1) is 55.6. The molecule has 16 N–H and O–H groups in total. The number of imidazole rings is 1. The van der Waals surface area contributed by atoms with Crippen LogP contribution in [-0.4, -0.2) is 129 Å². The van der Waals surface area contributed by atoms with Crippen molar-refractivity contribution in [3.8, 4) is 0 Å². The maximum absolute atomic E-state index is 14.7. The number of rotatable bonds is 17. The number of aromatic nitrogens is 3. The van der Waals surface area contributed by atoms with Crippen molar-refractivity contribution >= 4 is 70.0 Å². The predicted molar refractivity (Wildman–Crippen MR) is 269 cm³/mol. The third-order valence-electron chi connectivity index (χ3n) is 12.1. The van der Waals surface area contributed by atoms with Crippen molar-refractivity contribution in [2.45, 2.75) is 127 Å². The molecule has 9 amide bonds. The van der Waals surface area contributed by atoms with Crippen LogP contribution < -0.4 is 59.7 Å². The topological polar surface area (TPSA) is 385 Å². The summed E-state index contributed by atoms with van der Waals surface area (Å²) in [6, 6.07) is 6.50. The number of para-hydroxylation sites is 1. The second-order valence-electron chi connectivity index (χ2n) is 17.8. The molecule has 5 rings (SSSR count). The van der Waals surface area contributed by atoms with Gasteiger partial charge in [0.05, 0.1) is 12.7 Å². The summed E-state index contributed by atoms with van der Waals surface area (Å²) < 4.78 is 0. The number of amides is 9. The van der Waals surface area contributed by atoms with E-state index in [1.807, 2.05) is 31.2 Å². The van der Waals surface area contributed by atoms with Crippen LogP contribution in [0.5, 0.6) is 0 Å². The molecule has 0 radical (unpaired) electrons. The average Bonchev–Trinajstić information content (AvgIpc) is 4.03. The van der Waals surface area contributed by atoms with E-state index >= 15 is 0 Å². The number of aliphatic imine (C=N–C) groups is 1. The first-order valence-electron chi connectivity index (χ1n) is 24.3. The molecule has 0 aliphatic carbocycles. The van der Waals surface area contributed by atoms with Crippen molar-refractivity contribution in [1.29, 1.82) is 0 Å². The molecule has 1 fully saturated rings. The lowest BCUT2D eigenvalue weighted by molar-refractivity contribution is -0.136. The van der Waals surface area contributed by atoms with Gasteiger partial charge in [-0.3, -0.25) is 48.1 Å². The molecule has 0 bridgehead atoms. The van der Waals surface area contributed by atoms with E-state index in [1.165, 1.54) is 19.4 Å². The van der Waals surface area contributed by atoms with Gasteiger partial charge in [0.2, 0.25) is 53.2 Å². The molecule has 4 aromatic rings. The Labute approximate surface area is 421 Å². The van der Waals surface area contributed by atoms with Gasteiger partial charge in [0, 0.05) is 68.3 Å². The van der Waals surface area contributed by atoms with Crippen molar-refractivity contribution < 1.29 is 43.2 Å². The Morgan fingerprint density at radius 1 is 0.767 bits per heavy atom. The summed E-state index contributed by atoms with van der Waals surface area (Å²) in [6.07, 6.45) is 5.05. The van der Waals surface area contributed by atoms with Crippen molar-refractivity contribution in [3.05, 3.63) is 90.1 Å². The highest BCUT2D eigenvalue weighted by Crippen LogP contribution is 2.20. The number of H-pyrrole nitrogens is 2. The zero-order valence-corrected chi connectivity index (χ0v) is 41.0. The minimum atomic E-state index is -1.60. The Balaban J connectivity index is 1.56. The van der Waals surface area contributed by atoms with Crippen LogP contribution in [-0.2, 0) is 62.4 Å². The molecule has 2 aromatic heterocycles. The molecule has 24 nitrogen and oxygen atoms in total. The Morgan fingerprint density at radius 3 is 2.08 bits per heavy atom. The third-order valence-corrected chi connectivity index (χ3v) is 12.1. The van der Waals surface area contributed by atoms with Gasteiger partial charge in [-0.2, -0.15) is 0 Å². The molecule has 392 valence electrons. The van der Waals surface area contributed by atoms with Crippen LogP contribution >= 0.6 is 0 Å². The molecule has 2 aromatic carbocycles. The Hall–Kier alpha value is -8.31. The van der Waals surface area contributed by atoms with Crippen LogP contribution in [0.25, 0.3) is 10.9 Å². The quantitative estimate of drug-likeness (QED) is 0.0322. The number of primary amides is 1. The monoisotopic (exact) mass is 1010 g/mol. The number of unbranched alkanes of at least 4 members (excludes halogenated alkanes) is 1. The second-order valence-corrected chi connectivity index (χ2v) is 17.8. The molecule has 0 unspecified atom stereocenters. The summed E-state index contributed by atoms with van der Waals surface area (Å²) in [4.78, 5) is 139. The molecule has 24 heteroatoms. The summed E-state index contributed by atoms with van der Waals surface area (Å²) in [5.74, 6) is -7.28. The zero-order chi connectivity index (χ0) is 52.9. The van der Waals surface area contributed by atoms with Crippen LogP contribution in [0.15, 0.2) is 78.3 Å². The van der Waals surface area contributed by atoms with E-state index in [4.69, 9.17) is 17.2 Å². The maximum Gasteiger partial charge on any atom is 0.243 e.